The van der Waals surface area contributed by atoms with E-state index in [4.69, 9.17) is 4.74 Å². The lowest BCUT2D eigenvalue weighted by molar-refractivity contribution is -0.0338. The number of ether oxygens (including phenoxy) is 1. The molecular weight excluding hydrogens is 368 g/mol. The average Bonchev–Trinajstić information content (AvgIpc) is 2.76. The molecule has 7 nitrogen and oxygen atoms in total. The van der Waals surface area contributed by atoms with Crippen molar-refractivity contribution in [1.29, 1.82) is 0 Å². The van der Waals surface area contributed by atoms with E-state index < -0.39 is 6.10 Å². The molecule has 0 bridgehead atoms. The van der Waals surface area contributed by atoms with E-state index in [1.807, 2.05) is 17.0 Å². The summed E-state index contributed by atoms with van der Waals surface area (Å²) < 4.78 is 5.17. The van der Waals surface area contributed by atoms with Crippen LogP contribution in [0.1, 0.15) is 35.3 Å². The molecule has 2 aliphatic heterocycles. The number of methoxy groups -OCH3 is 1. The van der Waals surface area contributed by atoms with Crippen molar-refractivity contribution in [2.45, 2.75) is 31.9 Å². The van der Waals surface area contributed by atoms with Crippen LogP contribution in [0, 0.1) is 5.41 Å². The first kappa shape index (κ1) is 19.8. The van der Waals surface area contributed by atoms with E-state index in [0.717, 1.165) is 50.3 Å². The van der Waals surface area contributed by atoms with Crippen molar-refractivity contribution in [2.75, 3.05) is 33.3 Å². The van der Waals surface area contributed by atoms with Crippen LogP contribution in [0.15, 0.2) is 42.9 Å². The standard InChI is InChI=1S/C22H28N4O3/c1-29-20-5-4-18(24-13-20)14-25-9-6-22(7-10-25)11-19(27)15-26(16-22)21(28)17-3-2-8-23-12-17/h2-5,8,12-13,19,27H,6-7,9-11,14-16H2,1H3. The van der Waals surface area contributed by atoms with E-state index in [0.29, 0.717) is 18.7 Å². The number of nitrogens with zero attached hydrogens (tertiary/aromatic N) is 4. The van der Waals surface area contributed by atoms with E-state index in [1.165, 1.54) is 0 Å². The molecule has 4 heterocycles. The molecule has 1 spiro atoms. The van der Waals surface area contributed by atoms with E-state index in [2.05, 4.69) is 14.9 Å². The molecule has 4 rings (SSSR count). The van der Waals surface area contributed by atoms with Crippen LogP contribution in [-0.4, -0.2) is 70.2 Å². The van der Waals surface area contributed by atoms with Gasteiger partial charge in [-0.15, -0.1) is 0 Å². The zero-order valence-corrected chi connectivity index (χ0v) is 16.8. The average molecular weight is 396 g/mol. The first-order chi connectivity index (χ1) is 14.1. The lowest BCUT2D eigenvalue weighted by Gasteiger charge is -2.49. The van der Waals surface area contributed by atoms with Crippen molar-refractivity contribution in [3.8, 4) is 5.75 Å². The lowest BCUT2D eigenvalue weighted by atomic mass is 9.71. The van der Waals surface area contributed by atoms with Gasteiger partial charge in [-0.3, -0.25) is 19.7 Å². The fraction of sp³-hybridized carbons (Fsp3) is 0.500. The number of likely N-dealkylation sites (tertiary alicyclic amines) is 2. The number of piperidine rings is 2. The highest BCUT2D eigenvalue weighted by Crippen LogP contribution is 2.40. The number of hydrogen-bond donors (Lipinski definition) is 1. The molecule has 29 heavy (non-hydrogen) atoms. The molecule has 1 unspecified atom stereocenters. The fourth-order valence-corrected chi connectivity index (χ4v) is 4.58. The monoisotopic (exact) mass is 396 g/mol. The summed E-state index contributed by atoms with van der Waals surface area (Å²) in [5, 5.41) is 10.5. The van der Waals surface area contributed by atoms with Gasteiger partial charge >= 0.3 is 0 Å². The molecule has 154 valence electrons. The molecule has 1 amide bonds. The molecule has 2 aromatic heterocycles. The minimum atomic E-state index is -0.473. The fourth-order valence-electron chi connectivity index (χ4n) is 4.58. The normalized spacial score (nSPS) is 21.9. The first-order valence-corrected chi connectivity index (χ1v) is 10.2. The SMILES string of the molecule is COc1ccc(CN2CCC3(CC2)CC(O)CN(C(=O)c2cccnc2)C3)nc1. The molecule has 2 aliphatic rings. The number of aromatic nitrogens is 2. The molecule has 2 saturated heterocycles. The highest BCUT2D eigenvalue weighted by atomic mass is 16.5. The Bertz CT molecular complexity index is 820. The van der Waals surface area contributed by atoms with Crippen molar-refractivity contribution in [3.05, 3.63) is 54.1 Å². The maximum absolute atomic E-state index is 12.9. The maximum Gasteiger partial charge on any atom is 0.255 e. The summed E-state index contributed by atoms with van der Waals surface area (Å²) in [5.74, 6) is 0.724. The van der Waals surface area contributed by atoms with Gasteiger partial charge in [0.2, 0.25) is 0 Å². The van der Waals surface area contributed by atoms with E-state index >= 15 is 0 Å². The van der Waals surface area contributed by atoms with Crippen LogP contribution >= 0.6 is 0 Å². The van der Waals surface area contributed by atoms with Crippen LogP contribution in [0.4, 0.5) is 0 Å². The van der Waals surface area contributed by atoms with Gasteiger partial charge < -0.3 is 14.7 Å². The van der Waals surface area contributed by atoms with Crippen LogP contribution in [0.25, 0.3) is 0 Å². The Morgan fingerprint density at radius 1 is 1.28 bits per heavy atom. The number of β-amino-alcohol motifs (C(OH)–C–C–N with tert-alkyl or cyclic N) is 1. The van der Waals surface area contributed by atoms with Gasteiger partial charge in [0.15, 0.2) is 0 Å². The minimum Gasteiger partial charge on any atom is -0.495 e. The van der Waals surface area contributed by atoms with Crippen LogP contribution in [0.5, 0.6) is 5.75 Å². The Kier molecular flexibility index (Phi) is 5.78. The zero-order chi connectivity index (χ0) is 20.3. The predicted molar refractivity (Wildman–Crippen MR) is 108 cm³/mol. The van der Waals surface area contributed by atoms with Crippen molar-refractivity contribution in [2.24, 2.45) is 5.41 Å². The summed E-state index contributed by atoms with van der Waals surface area (Å²) in [5.41, 5.74) is 1.60. The summed E-state index contributed by atoms with van der Waals surface area (Å²) in [6, 6.07) is 7.50. The second-order valence-electron chi connectivity index (χ2n) is 8.25. The molecule has 1 atom stereocenters. The highest BCUT2D eigenvalue weighted by Gasteiger charge is 2.43. The number of carbonyl (C=O) groups excluding carboxylic acids is 1. The summed E-state index contributed by atoms with van der Waals surface area (Å²) in [6.07, 6.45) is 7.24. The van der Waals surface area contributed by atoms with Gasteiger partial charge in [-0.2, -0.15) is 0 Å². The third-order valence-corrected chi connectivity index (χ3v) is 6.16. The smallest absolute Gasteiger partial charge is 0.255 e. The van der Waals surface area contributed by atoms with E-state index in [-0.39, 0.29) is 11.3 Å². The number of aliphatic hydroxyl groups is 1. The Labute approximate surface area is 171 Å². The van der Waals surface area contributed by atoms with Crippen LogP contribution in [0.2, 0.25) is 0 Å². The van der Waals surface area contributed by atoms with Crippen molar-refractivity contribution in [3.63, 3.8) is 0 Å². The Morgan fingerprint density at radius 3 is 2.76 bits per heavy atom. The Hall–Kier alpha value is -2.51. The van der Waals surface area contributed by atoms with E-state index in [1.54, 1.807) is 37.8 Å². The number of amides is 1. The molecular formula is C22H28N4O3. The Morgan fingerprint density at radius 2 is 2.10 bits per heavy atom. The van der Waals surface area contributed by atoms with Gasteiger partial charge in [-0.25, -0.2) is 0 Å². The van der Waals surface area contributed by atoms with Gasteiger partial charge in [-0.1, -0.05) is 0 Å². The summed E-state index contributed by atoms with van der Waals surface area (Å²) in [7, 11) is 1.64. The summed E-state index contributed by atoms with van der Waals surface area (Å²) in [6.45, 7) is 3.78. The quantitative estimate of drug-likeness (QED) is 0.851. The lowest BCUT2D eigenvalue weighted by Crippen LogP contribution is -2.55. The number of rotatable bonds is 4. The maximum atomic E-state index is 12.9. The van der Waals surface area contributed by atoms with Crippen molar-refractivity contribution >= 4 is 5.91 Å². The third kappa shape index (κ3) is 4.57. The van der Waals surface area contributed by atoms with Crippen LogP contribution in [0.3, 0.4) is 0 Å². The largest absolute Gasteiger partial charge is 0.495 e. The second-order valence-corrected chi connectivity index (χ2v) is 8.25. The van der Waals surface area contributed by atoms with E-state index in [9.17, 15) is 9.90 Å². The molecule has 2 aromatic rings. The van der Waals surface area contributed by atoms with Crippen LogP contribution < -0.4 is 4.74 Å². The molecule has 1 N–H and O–H groups in total. The topological polar surface area (TPSA) is 78.8 Å². The second kappa shape index (κ2) is 8.47. The molecule has 0 aromatic carbocycles. The number of carbonyl (C=O) groups is 1. The van der Waals surface area contributed by atoms with Crippen molar-refractivity contribution in [1.82, 2.24) is 19.8 Å². The summed E-state index contributed by atoms with van der Waals surface area (Å²) in [4.78, 5) is 25.6. The van der Waals surface area contributed by atoms with Gasteiger partial charge in [0.05, 0.1) is 30.7 Å². The molecule has 2 fully saturated rings. The molecule has 7 heteroatoms. The number of pyridine rings is 2. The highest BCUT2D eigenvalue weighted by molar-refractivity contribution is 5.94. The summed E-state index contributed by atoms with van der Waals surface area (Å²) >= 11 is 0. The van der Waals surface area contributed by atoms with Crippen LogP contribution in [-0.2, 0) is 6.54 Å². The predicted octanol–water partition coefficient (Wildman–Crippen LogP) is 1.97. The van der Waals surface area contributed by atoms with Gasteiger partial charge in [0, 0.05) is 32.0 Å². The van der Waals surface area contributed by atoms with Crippen molar-refractivity contribution < 1.29 is 14.6 Å². The third-order valence-electron chi connectivity index (χ3n) is 6.16. The molecule has 0 saturated carbocycles. The van der Waals surface area contributed by atoms with Gasteiger partial charge in [0.1, 0.15) is 5.75 Å². The molecule has 0 radical (unpaired) electrons. The number of hydrogen-bond acceptors (Lipinski definition) is 6. The first-order valence-electron chi connectivity index (χ1n) is 10.2. The minimum absolute atomic E-state index is 0.0145. The van der Waals surface area contributed by atoms with Gasteiger partial charge in [0.25, 0.3) is 5.91 Å². The van der Waals surface area contributed by atoms with Gasteiger partial charge in [-0.05, 0) is 62.0 Å². The molecule has 0 aliphatic carbocycles. The number of aliphatic hydroxyl groups excluding tert-OH is 1. The zero-order valence-electron chi connectivity index (χ0n) is 16.8. The Balaban J connectivity index is 1.38.